The molecule has 0 heterocycles. The van der Waals surface area contributed by atoms with Gasteiger partial charge in [-0.25, -0.2) is 4.79 Å². The molecule has 0 aliphatic heterocycles. The van der Waals surface area contributed by atoms with Crippen LogP contribution in [0.4, 0.5) is 11.4 Å². The van der Waals surface area contributed by atoms with Crippen molar-refractivity contribution < 1.29 is 14.3 Å². The fourth-order valence-corrected chi connectivity index (χ4v) is 3.41. The van der Waals surface area contributed by atoms with Crippen LogP contribution < -0.4 is 10.6 Å². The SMILES string of the molecule is CCOC(=O)[C@H](Nc1ccc(Cl)cc1)C(Nc1ccc(Cl)cc1)C(=O)c1ccc(C)cc1. The fourth-order valence-electron chi connectivity index (χ4n) is 3.16. The Kier molecular flexibility index (Phi) is 8.14. The van der Waals surface area contributed by atoms with Gasteiger partial charge in [-0.3, -0.25) is 4.79 Å². The van der Waals surface area contributed by atoms with Gasteiger partial charge in [0, 0.05) is 27.0 Å². The number of carbonyl (C=O) groups is 2. The predicted octanol–water partition coefficient (Wildman–Crippen LogP) is 6.01. The van der Waals surface area contributed by atoms with Crippen molar-refractivity contribution in [2.45, 2.75) is 25.9 Å². The van der Waals surface area contributed by atoms with Crippen LogP contribution in [0.5, 0.6) is 0 Å². The van der Waals surface area contributed by atoms with Crippen LogP contribution in [0.15, 0.2) is 72.8 Å². The van der Waals surface area contributed by atoms with Crippen molar-refractivity contribution in [1.29, 1.82) is 0 Å². The molecule has 3 aromatic carbocycles. The lowest BCUT2D eigenvalue weighted by molar-refractivity contribution is -0.144. The second-order valence-corrected chi connectivity index (χ2v) is 8.11. The molecule has 2 N–H and O–H groups in total. The largest absolute Gasteiger partial charge is 0.464 e. The normalized spacial score (nSPS) is 12.5. The Balaban J connectivity index is 2.00. The van der Waals surface area contributed by atoms with Crippen LogP contribution in [-0.4, -0.2) is 30.4 Å². The zero-order valence-electron chi connectivity index (χ0n) is 17.8. The minimum atomic E-state index is -0.999. The highest BCUT2D eigenvalue weighted by molar-refractivity contribution is 6.30. The highest BCUT2D eigenvalue weighted by Crippen LogP contribution is 2.21. The van der Waals surface area contributed by atoms with E-state index in [1.54, 1.807) is 67.6 Å². The van der Waals surface area contributed by atoms with Gasteiger partial charge in [0.15, 0.2) is 11.8 Å². The molecule has 0 amide bonds. The summed E-state index contributed by atoms with van der Waals surface area (Å²) in [4.78, 5) is 26.5. The molecular formula is C25H24Cl2N2O3. The molecule has 0 bridgehead atoms. The number of anilines is 2. The third kappa shape index (κ3) is 6.25. The van der Waals surface area contributed by atoms with Crippen LogP contribution >= 0.6 is 23.2 Å². The fraction of sp³-hybridized carbons (Fsp3) is 0.200. The number of halogens is 2. The summed E-state index contributed by atoms with van der Waals surface area (Å²) in [7, 11) is 0. The summed E-state index contributed by atoms with van der Waals surface area (Å²) in [5, 5.41) is 7.47. The first-order valence-electron chi connectivity index (χ1n) is 10.2. The highest BCUT2D eigenvalue weighted by atomic mass is 35.5. The molecule has 0 radical (unpaired) electrons. The minimum absolute atomic E-state index is 0.185. The number of esters is 1. The second-order valence-electron chi connectivity index (χ2n) is 7.24. The van der Waals surface area contributed by atoms with Crippen LogP contribution in [0.25, 0.3) is 0 Å². The molecule has 0 aromatic heterocycles. The number of Topliss-reactive ketones (excluding diaryl/α,β-unsaturated/α-hetero) is 1. The molecule has 0 saturated heterocycles. The van der Waals surface area contributed by atoms with E-state index in [9.17, 15) is 9.59 Å². The van der Waals surface area contributed by atoms with Crippen LogP contribution in [0.3, 0.4) is 0 Å². The molecule has 0 fully saturated rings. The Labute approximate surface area is 197 Å². The zero-order valence-corrected chi connectivity index (χ0v) is 19.3. The molecule has 1 unspecified atom stereocenters. The second kappa shape index (κ2) is 11.0. The van der Waals surface area contributed by atoms with Crippen molar-refractivity contribution in [2.24, 2.45) is 0 Å². The van der Waals surface area contributed by atoms with Gasteiger partial charge in [-0.1, -0.05) is 53.0 Å². The molecule has 32 heavy (non-hydrogen) atoms. The number of rotatable bonds is 9. The van der Waals surface area contributed by atoms with Crippen molar-refractivity contribution >= 4 is 46.3 Å². The summed E-state index contributed by atoms with van der Waals surface area (Å²) in [6, 6.07) is 19.1. The maximum atomic E-state index is 13.6. The van der Waals surface area contributed by atoms with Gasteiger partial charge in [0.25, 0.3) is 0 Å². The first kappa shape index (κ1) is 23.6. The standard InChI is InChI=1S/C25H24Cl2N2O3/c1-3-32-25(31)23(29-21-14-10-19(27)11-15-21)22(28-20-12-8-18(26)9-13-20)24(30)17-6-4-16(2)5-7-17/h4-15,22-23,28-29H,3H2,1-2H3/t22?,23-/m1/s1. The molecular weight excluding hydrogens is 447 g/mol. The van der Waals surface area contributed by atoms with Crippen molar-refractivity contribution in [3.8, 4) is 0 Å². The summed E-state index contributed by atoms with van der Waals surface area (Å²) in [5.74, 6) is -0.797. The van der Waals surface area contributed by atoms with Gasteiger partial charge in [0.1, 0.15) is 6.04 Å². The molecule has 166 valence electrons. The number of ether oxygens (including phenoxy) is 1. The van der Waals surface area contributed by atoms with E-state index in [4.69, 9.17) is 27.9 Å². The molecule has 0 spiro atoms. The molecule has 0 saturated carbocycles. The maximum Gasteiger partial charge on any atom is 0.331 e. The number of benzene rings is 3. The third-order valence-electron chi connectivity index (χ3n) is 4.83. The van der Waals surface area contributed by atoms with E-state index in [2.05, 4.69) is 10.6 Å². The van der Waals surface area contributed by atoms with E-state index in [0.29, 0.717) is 27.0 Å². The van der Waals surface area contributed by atoms with Crippen molar-refractivity contribution in [2.75, 3.05) is 17.2 Å². The lowest BCUT2D eigenvalue weighted by Gasteiger charge is -2.28. The van der Waals surface area contributed by atoms with E-state index in [1.165, 1.54) is 0 Å². The summed E-state index contributed by atoms with van der Waals surface area (Å²) in [6.45, 7) is 3.85. The number of ketones is 1. The quantitative estimate of drug-likeness (QED) is 0.296. The molecule has 0 aliphatic carbocycles. The van der Waals surface area contributed by atoms with Gasteiger partial charge in [0.05, 0.1) is 6.61 Å². The van der Waals surface area contributed by atoms with Gasteiger partial charge in [-0.15, -0.1) is 0 Å². The summed E-state index contributed by atoms with van der Waals surface area (Å²) in [5.41, 5.74) is 2.79. The van der Waals surface area contributed by atoms with Crippen molar-refractivity contribution in [3.63, 3.8) is 0 Å². The Morgan fingerprint density at radius 3 is 1.72 bits per heavy atom. The number of carbonyl (C=O) groups excluding carboxylic acids is 2. The van der Waals surface area contributed by atoms with Gasteiger partial charge >= 0.3 is 5.97 Å². The number of aryl methyl sites for hydroxylation is 1. The summed E-state index contributed by atoms with van der Waals surface area (Å²) in [6.07, 6.45) is 0. The molecule has 0 aliphatic rings. The Bertz CT molecular complexity index is 1050. The summed E-state index contributed by atoms with van der Waals surface area (Å²) >= 11 is 12.0. The molecule has 7 heteroatoms. The van der Waals surface area contributed by atoms with E-state index in [1.807, 2.05) is 19.1 Å². The first-order valence-corrected chi connectivity index (χ1v) is 10.9. The molecule has 5 nitrogen and oxygen atoms in total. The van der Waals surface area contributed by atoms with Crippen LogP contribution in [0.1, 0.15) is 22.8 Å². The van der Waals surface area contributed by atoms with E-state index in [0.717, 1.165) is 5.56 Å². The van der Waals surface area contributed by atoms with Crippen molar-refractivity contribution in [3.05, 3.63) is 94.0 Å². The van der Waals surface area contributed by atoms with E-state index >= 15 is 0 Å². The van der Waals surface area contributed by atoms with Crippen LogP contribution in [0, 0.1) is 6.92 Å². The molecule has 3 aromatic rings. The topological polar surface area (TPSA) is 67.4 Å². The van der Waals surface area contributed by atoms with Gasteiger partial charge in [-0.2, -0.15) is 0 Å². The number of hydrogen-bond donors (Lipinski definition) is 2. The van der Waals surface area contributed by atoms with E-state index in [-0.39, 0.29) is 12.4 Å². The monoisotopic (exact) mass is 470 g/mol. The summed E-state index contributed by atoms with van der Waals surface area (Å²) < 4.78 is 5.30. The minimum Gasteiger partial charge on any atom is -0.464 e. The average Bonchev–Trinajstić information content (AvgIpc) is 2.79. The Morgan fingerprint density at radius 1 is 0.781 bits per heavy atom. The Morgan fingerprint density at radius 2 is 1.25 bits per heavy atom. The van der Waals surface area contributed by atoms with Gasteiger partial charge in [-0.05, 0) is 62.4 Å². The average molecular weight is 471 g/mol. The van der Waals surface area contributed by atoms with Gasteiger partial charge < -0.3 is 15.4 Å². The zero-order chi connectivity index (χ0) is 23.1. The smallest absolute Gasteiger partial charge is 0.331 e. The van der Waals surface area contributed by atoms with Crippen LogP contribution in [0.2, 0.25) is 10.0 Å². The van der Waals surface area contributed by atoms with Crippen molar-refractivity contribution in [1.82, 2.24) is 0 Å². The number of nitrogens with one attached hydrogen (secondary N) is 2. The lowest BCUT2D eigenvalue weighted by atomic mass is 9.96. The first-order chi connectivity index (χ1) is 15.4. The molecule has 3 rings (SSSR count). The number of hydrogen-bond acceptors (Lipinski definition) is 5. The Hall–Kier alpha value is -3.02. The van der Waals surface area contributed by atoms with E-state index < -0.39 is 18.1 Å². The maximum absolute atomic E-state index is 13.6. The molecule has 2 atom stereocenters. The van der Waals surface area contributed by atoms with Crippen LogP contribution in [-0.2, 0) is 9.53 Å². The highest BCUT2D eigenvalue weighted by Gasteiger charge is 2.35. The predicted molar refractivity (Wildman–Crippen MR) is 130 cm³/mol. The third-order valence-corrected chi connectivity index (χ3v) is 5.33. The lowest BCUT2D eigenvalue weighted by Crippen LogP contribution is -2.50. The van der Waals surface area contributed by atoms with Gasteiger partial charge in [0.2, 0.25) is 0 Å².